The van der Waals surface area contributed by atoms with E-state index in [1.54, 1.807) is 0 Å². The van der Waals surface area contributed by atoms with E-state index < -0.39 is 24.2 Å². The lowest BCUT2D eigenvalue weighted by Gasteiger charge is -2.20. The number of hydrogen-bond acceptors (Lipinski definition) is 4. The summed E-state index contributed by atoms with van der Waals surface area (Å²) in [5, 5.41) is 0.895. The Kier molecular flexibility index (Phi) is 4.78. The predicted octanol–water partition coefficient (Wildman–Crippen LogP) is 4.50. The predicted molar refractivity (Wildman–Crippen MR) is 72.6 cm³/mol. The van der Waals surface area contributed by atoms with Gasteiger partial charge < -0.3 is 9.47 Å². The quantitative estimate of drug-likeness (QED) is 0.500. The molecule has 130 valence electrons. The minimum atomic E-state index is -4.88. The third kappa shape index (κ3) is 5.23. The molecule has 0 aromatic heterocycles. The van der Waals surface area contributed by atoms with Crippen LogP contribution in [-0.2, 0) is 0 Å². The number of hydrazine groups is 1. The summed E-state index contributed by atoms with van der Waals surface area (Å²) in [5.41, 5.74) is 0.141. The zero-order valence-electron chi connectivity index (χ0n) is 11.7. The first-order valence-electron chi connectivity index (χ1n) is 6.30. The lowest BCUT2D eigenvalue weighted by Crippen LogP contribution is -2.25. The second-order valence-electron chi connectivity index (χ2n) is 4.46. The molecule has 2 aromatic carbocycles. The molecule has 0 heterocycles. The van der Waals surface area contributed by atoms with Crippen molar-refractivity contribution in [2.45, 2.75) is 12.7 Å². The van der Waals surface area contributed by atoms with Gasteiger partial charge in [0, 0.05) is 12.1 Å². The lowest BCUT2D eigenvalue weighted by atomic mass is 10.2. The topological polar surface area (TPSA) is 47.7 Å². The van der Waals surface area contributed by atoms with E-state index in [9.17, 15) is 26.3 Å². The minimum Gasteiger partial charge on any atom is -0.406 e. The zero-order valence-corrected chi connectivity index (χ0v) is 11.7. The molecule has 0 saturated carbocycles. The van der Waals surface area contributed by atoms with Crippen molar-refractivity contribution in [2.75, 3.05) is 5.01 Å². The Balaban J connectivity index is 2.24. The number of benzene rings is 2. The van der Waals surface area contributed by atoms with Crippen LogP contribution in [0.1, 0.15) is 0 Å². The molecule has 0 aliphatic rings. The fourth-order valence-electron chi connectivity index (χ4n) is 1.81. The fourth-order valence-corrected chi connectivity index (χ4v) is 1.81. The molecule has 2 rings (SSSR count). The number of nitrogens with two attached hydrogens (primary N) is 1. The Bertz CT molecular complexity index is 643. The summed E-state index contributed by atoms with van der Waals surface area (Å²) in [6.45, 7) is 0. The van der Waals surface area contributed by atoms with Crippen LogP contribution in [0.4, 0.5) is 37.7 Å². The van der Waals surface area contributed by atoms with Crippen molar-refractivity contribution in [1.29, 1.82) is 0 Å². The van der Waals surface area contributed by atoms with E-state index in [1.165, 1.54) is 24.3 Å². The molecule has 0 aliphatic carbocycles. The normalized spacial score (nSPS) is 12.0. The van der Waals surface area contributed by atoms with E-state index in [2.05, 4.69) is 9.47 Å². The Labute approximate surface area is 132 Å². The van der Waals surface area contributed by atoms with E-state index in [1.807, 2.05) is 0 Å². The Morgan fingerprint density at radius 3 is 1.42 bits per heavy atom. The van der Waals surface area contributed by atoms with Gasteiger partial charge in [0.1, 0.15) is 11.5 Å². The number of ether oxygens (including phenoxy) is 2. The van der Waals surface area contributed by atoms with Gasteiger partial charge in [-0.15, -0.1) is 26.3 Å². The molecular weight excluding hydrogens is 342 g/mol. The Morgan fingerprint density at radius 2 is 1.08 bits per heavy atom. The molecule has 0 aliphatic heterocycles. The maximum atomic E-state index is 12.2. The maximum absolute atomic E-state index is 12.2. The van der Waals surface area contributed by atoms with Gasteiger partial charge in [0.05, 0.1) is 11.4 Å². The van der Waals surface area contributed by atoms with Crippen LogP contribution in [0.15, 0.2) is 48.5 Å². The van der Waals surface area contributed by atoms with Crippen LogP contribution in [-0.4, -0.2) is 12.7 Å². The van der Waals surface area contributed by atoms with Crippen molar-refractivity contribution < 1.29 is 35.8 Å². The SMILES string of the molecule is NN(c1cccc(OC(F)(F)F)c1)c1cccc(OC(F)(F)F)c1. The highest BCUT2D eigenvalue weighted by atomic mass is 19.4. The molecule has 0 spiro atoms. The van der Waals surface area contributed by atoms with Gasteiger partial charge >= 0.3 is 12.7 Å². The zero-order chi connectivity index (χ0) is 18.0. The van der Waals surface area contributed by atoms with Gasteiger partial charge in [0.2, 0.25) is 0 Å². The van der Waals surface area contributed by atoms with Gasteiger partial charge in [-0.05, 0) is 24.3 Å². The van der Waals surface area contributed by atoms with Crippen LogP contribution in [0, 0.1) is 0 Å². The van der Waals surface area contributed by atoms with Crippen LogP contribution in [0.25, 0.3) is 0 Å². The van der Waals surface area contributed by atoms with Crippen molar-refractivity contribution in [1.82, 2.24) is 0 Å². The first-order valence-corrected chi connectivity index (χ1v) is 6.30. The van der Waals surface area contributed by atoms with Crippen LogP contribution in [0.5, 0.6) is 11.5 Å². The summed E-state index contributed by atoms with van der Waals surface area (Å²) in [6.07, 6.45) is -9.75. The van der Waals surface area contributed by atoms with Crippen LogP contribution in [0.2, 0.25) is 0 Å². The molecule has 0 amide bonds. The highest BCUT2D eigenvalue weighted by Gasteiger charge is 2.32. The standard InChI is InChI=1S/C14H10F6N2O2/c15-13(16,17)23-11-5-1-3-9(7-11)22(21)10-4-2-6-12(8-10)24-14(18,19)20/h1-8H,21H2. The van der Waals surface area contributed by atoms with Crippen molar-refractivity contribution in [3.05, 3.63) is 48.5 Å². The summed E-state index contributed by atoms with van der Waals surface area (Å²) >= 11 is 0. The van der Waals surface area contributed by atoms with Crippen molar-refractivity contribution in [3.8, 4) is 11.5 Å². The number of nitrogens with zero attached hydrogens (tertiary/aromatic N) is 1. The van der Waals surface area contributed by atoms with Crippen LogP contribution < -0.4 is 20.3 Å². The van der Waals surface area contributed by atoms with Gasteiger partial charge in [-0.1, -0.05) is 12.1 Å². The molecule has 10 heteroatoms. The summed E-state index contributed by atoms with van der Waals surface area (Å²) < 4.78 is 80.8. The van der Waals surface area contributed by atoms with E-state index in [-0.39, 0.29) is 11.4 Å². The fraction of sp³-hybridized carbons (Fsp3) is 0.143. The average molecular weight is 352 g/mol. The van der Waals surface area contributed by atoms with Crippen molar-refractivity contribution >= 4 is 11.4 Å². The van der Waals surface area contributed by atoms with Crippen LogP contribution in [0.3, 0.4) is 0 Å². The summed E-state index contributed by atoms with van der Waals surface area (Å²) in [6, 6.07) is 9.34. The van der Waals surface area contributed by atoms with E-state index in [0.29, 0.717) is 0 Å². The molecule has 0 bridgehead atoms. The van der Waals surface area contributed by atoms with Crippen molar-refractivity contribution in [3.63, 3.8) is 0 Å². The summed E-state index contributed by atoms with van der Waals surface area (Å²) in [4.78, 5) is 0. The molecule has 24 heavy (non-hydrogen) atoms. The highest BCUT2D eigenvalue weighted by molar-refractivity contribution is 5.64. The molecule has 0 saturated heterocycles. The monoisotopic (exact) mass is 352 g/mol. The smallest absolute Gasteiger partial charge is 0.406 e. The lowest BCUT2D eigenvalue weighted by molar-refractivity contribution is -0.275. The second kappa shape index (κ2) is 6.48. The van der Waals surface area contributed by atoms with Gasteiger partial charge in [-0.2, -0.15) is 0 Å². The number of alkyl halides is 6. The van der Waals surface area contributed by atoms with E-state index >= 15 is 0 Å². The number of halogens is 6. The van der Waals surface area contributed by atoms with Gasteiger partial charge in [-0.3, -0.25) is 5.01 Å². The van der Waals surface area contributed by atoms with Crippen LogP contribution >= 0.6 is 0 Å². The molecule has 0 unspecified atom stereocenters. The third-order valence-corrected chi connectivity index (χ3v) is 2.66. The van der Waals surface area contributed by atoms with E-state index in [4.69, 9.17) is 5.84 Å². The number of rotatable bonds is 4. The minimum absolute atomic E-state index is 0.0703. The van der Waals surface area contributed by atoms with Gasteiger partial charge in [-0.25, -0.2) is 5.84 Å². The molecule has 2 aromatic rings. The Morgan fingerprint density at radius 1 is 0.708 bits per heavy atom. The average Bonchev–Trinajstić information content (AvgIpc) is 2.43. The van der Waals surface area contributed by atoms with Crippen molar-refractivity contribution in [2.24, 2.45) is 5.84 Å². The molecule has 4 nitrogen and oxygen atoms in total. The Hall–Kier alpha value is -2.62. The molecule has 0 radical (unpaired) electrons. The largest absolute Gasteiger partial charge is 0.573 e. The third-order valence-electron chi connectivity index (χ3n) is 2.66. The first kappa shape index (κ1) is 17.7. The van der Waals surface area contributed by atoms with Gasteiger partial charge in [0.15, 0.2) is 0 Å². The number of anilines is 2. The number of hydrogen-bond donors (Lipinski definition) is 1. The van der Waals surface area contributed by atoms with Gasteiger partial charge in [0.25, 0.3) is 0 Å². The molecule has 0 atom stereocenters. The first-order chi connectivity index (χ1) is 11.0. The summed E-state index contributed by atoms with van der Waals surface area (Å²) in [7, 11) is 0. The molecular formula is C14H10F6N2O2. The summed E-state index contributed by atoms with van der Waals surface area (Å²) in [5.74, 6) is 4.71. The maximum Gasteiger partial charge on any atom is 0.573 e. The highest BCUT2D eigenvalue weighted by Crippen LogP contribution is 2.31. The van der Waals surface area contributed by atoms with E-state index in [0.717, 1.165) is 29.3 Å². The molecule has 2 N–H and O–H groups in total. The second-order valence-corrected chi connectivity index (χ2v) is 4.46. The molecule has 0 fully saturated rings.